The van der Waals surface area contributed by atoms with Gasteiger partial charge in [-0.1, -0.05) is 32.6 Å². The van der Waals surface area contributed by atoms with Crippen molar-refractivity contribution < 1.29 is 0 Å². The fraction of sp³-hybridized carbons (Fsp3) is 0.714. The lowest BCUT2D eigenvalue weighted by atomic mass is 10.0. The van der Waals surface area contributed by atoms with Crippen LogP contribution in [0.2, 0.25) is 0 Å². The van der Waals surface area contributed by atoms with E-state index in [1.54, 1.807) is 11.3 Å². The molecule has 0 aliphatic carbocycles. The van der Waals surface area contributed by atoms with Gasteiger partial charge in [0.05, 0.1) is 0 Å². The molecular weight excluding hydrogens is 214 g/mol. The standard InChI is InChI=1S/C14H25NS/c1-3-4-5-6-7-14(15-2)9-8-13-10-11-16-12-13/h10-12,14-15H,3-9H2,1-2H3. The minimum Gasteiger partial charge on any atom is -0.317 e. The SMILES string of the molecule is CCCCCCC(CCc1ccsc1)NC. The van der Waals surface area contributed by atoms with Crippen LogP contribution in [0.5, 0.6) is 0 Å². The van der Waals surface area contributed by atoms with E-state index in [1.165, 1.54) is 50.5 Å². The zero-order valence-corrected chi connectivity index (χ0v) is 11.5. The van der Waals surface area contributed by atoms with Crippen molar-refractivity contribution in [1.29, 1.82) is 0 Å². The summed E-state index contributed by atoms with van der Waals surface area (Å²) in [6.07, 6.45) is 9.33. The summed E-state index contributed by atoms with van der Waals surface area (Å²) in [5.74, 6) is 0. The highest BCUT2D eigenvalue weighted by atomic mass is 32.1. The summed E-state index contributed by atoms with van der Waals surface area (Å²) in [5.41, 5.74) is 1.50. The van der Waals surface area contributed by atoms with E-state index in [0.29, 0.717) is 6.04 Å². The third kappa shape index (κ3) is 5.66. The van der Waals surface area contributed by atoms with Crippen molar-refractivity contribution in [3.05, 3.63) is 22.4 Å². The number of hydrogen-bond acceptors (Lipinski definition) is 2. The lowest BCUT2D eigenvalue weighted by molar-refractivity contribution is 0.461. The molecular formula is C14H25NS. The van der Waals surface area contributed by atoms with Gasteiger partial charge in [-0.15, -0.1) is 0 Å². The normalized spacial score (nSPS) is 12.9. The van der Waals surface area contributed by atoms with Crippen LogP contribution in [0.25, 0.3) is 0 Å². The van der Waals surface area contributed by atoms with E-state index in [-0.39, 0.29) is 0 Å². The number of aryl methyl sites for hydroxylation is 1. The maximum atomic E-state index is 3.44. The van der Waals surface area contributed by atoms with Gasteiger partial charge in [0, 0.05) is 6.04 Å². The molecule has 0 aromatic carbocycles. The number of nitrogens with one attached hydrogen (secondary N) is 1. The average molecular weight is 239 g/mol. The first kappa shape index (κ1) is 13.7. The molecule has 0 saturated heterocycles. The maximum absolute atomic E-state index is 3.44. The lowest BCUT2D eigenvalue weighted by Gasteiger charge is -2.15. The quantitative estimate of drug-likeness (QED) is 0.636. The Bertz CT molecular complexity index is 243. The largest absolute Gasteiger partial charge is 0.317 e. The van der Waals surface area contributed by atoms with Crippen LogP contribution in [-0.2, 0) is 6.42 Å². The van der Waals surface area contributed by atoms with Crippen molar-refractivity contribution in [2.24, 2.45) is 0 Å². The van der Waals surface area contributed by atoms with Crippen molar-refractivity contribution >= 4 is 11.3 Å². The second kappa shape index (κ2) is 8.77. The zero-order chi connectivity index (χ0) is 11.6. The van der Waals surface area contributed by atoms with Crippen molar-refractivity contribution in [2.75, 3.05) is 7.05 Å². The second-order valence-electron chi connectivity index (χ2n) is 4.51. The number of hydrogen-bond donors (Lipinski definition) is 1. The van der Waals surface area contributed by atoms with Crippen LogP contribution in [0.15, 0.2) is 16.8 Å². The molecule has 1 unspecified atom stereocenters. The summed E-state index contributed by atoms with van der Waals surface area (Å²) in [6, 6.07) is 2.95. The topological polar surface area (TPSA) is 12.0 Å². The summed E-state index contributed by atoms with van der Waals surface area (Å²) in [7, 11) is 2.10. The molecule has 1 aromatic heterocycles. The Morgan fingerprint density at radius 3 is 2.75 bits per heavy atom. The third-order valence-electron chi connectivity index (χ3n) is 3.18. The van der Waals surface area contributed by atoms with Gasteiger partial charge in [0.25, 0.3) is 0 Å². The van der Waals surface area contributed by atoms with Crippen LogP contribution in [0.4, 0.5) is 0 Å². The van der Waals surface area contributed by atoms with Gasteiger partial charge in [0.2, 0.25) is 0 Å². The molecule has 0 aliphatic heterocycles. The molecule has 1 rings (SSSR count). The molecule has 0 spiro atoms. The van der Waals surface area contributed by atoms with Crippen LogP contribution in [0.1, 0.15) is 51.0 Å². The summed E-state index contributed by atoms with van der Waals surface area (Å²) < 4.78 is 0. The number of rotatable bonds is 9. The van der Waals surface area contributed by atoms with Gasteiger partial charge in [-0.3, -0.25) is 0 Å². The Kier molecular flexibility index (Phi) is 7.52. The minimum absolute atomic E-state index is 0.705. The van der Waals surface area contributed by atoms with Crippen molar-refractivity contribution in [2.45, 2.75) is 57.9 Å². The predicted octanol–water partition coefficient (Wildman–Crippen LogP) is 4.24. The predicted molar refractivity (Wildman–Crippen MR) is 74.2 cm³/mol. The van der Waals surface area contributed by atoms with E-state index >= 15 is 0 Å². The van der Waals surface area contributed by atoms with Crippen LogP contribution < -0.4 is 5.32 Å². The molecule has 1 nitrogen and oxygen atoms in total. The van der Waals surface area contributed by atoms with Gasteiger partial charge in [-0.05, 0) is 48.7 Å². The highest BCUT2D eigenvalue weighted by Crippen LogP contribution is 2.13. The Morgan fingerprint density at radius 1 is 1.25 bits per heavy atom. The average Bonchev–Trinajstić information content (AvgIpc) is 2.81. The first-order valence-corrected chi connectivity index (χ1v) is 7.49. The van der Waals surface area contributed by atoms with Crippen molar-refractivity contribution in [3.63, 3.8) is 0 Å². The molecule has 1 N–H and O–H groups in total. The van der Waals surface area contributed by atoms with Gasteiger partial charge in [0.1, 0.15) is 0 Å². The van der Waals surface area contributed by atoms with E-state index in [4.69, 9.17) is 0 Å². The highest BCUT2D eigenvalue weighted by Gasteiger charge is 2.06. The highest BCUT2D eigenvalue weighted by molar-refractivity contribution is 7.07. The molecule has 0 radical (unpaired) electrons. The van der Waals surface area contributed by atoms with Gasteiger partial charge < -0.3 is 5.32 Å². The molecule has 0 aliphatic rings. The maximum Gasteiger partial charge on any atom is 0.00672 e. The Balaban J connectivity index is 2.11. The van der Waals surface area contributed by atoms with E-state index in [9.17, 15) is 0 Å². The third-order valence-corrected chi connectivity index (χ3v) is 3.91. The van der Waals surface area contributed by atoms with Gasteiger partial charge in [0.15, 0.2) is 0 Å². The van der Waals surface area contributed by atoms with E-state index in [2.05, 4.69) is 36.1 Å². The van der Waals surface area contributed by atoms with Crippen molar-refractivity contribution in [1.82, 2.24) is 5.32 Å². The fourth-order valence-electron chi connectivity index (χ4n) is 2.03. The summed E-state index contributed by atoms with van der Waals surface area (Å²) in [4.78, 5) is 0. The monoisotopic (exact) mass is 239 g/mol. The van der Waals surface area contributed by atoms with E-state index in [1.807, 2.05) is 0 Å². The van der Waals surface area contributed by atoms with Gasteiger partial charge in [-0.25, -0.2) is 0 Å². The Labute approximate surface area is 104 Å². The van der Waals surface area contributed by atoms with Crippen LogP contribution in [0, 0.1) is 0 Å². The van der Waals surface area contributed by atoms with Crippen molar-refractivity contribution in [3.8, 4) is 0 Å². The van der Waals surface area contributed by atoms with Crippen LogP contribution in [0.3, 0.4) is 0 Å². The smallest absolute Gasteiger partial charge is 0.00672 e. The summed E-state index contributed by atoms with van der Waals surface area (Å²) in [6.45, 7) is 2.27. The Hall–Kier alpha value is -0.340. The Morgan fingerprint density at radius 2 is 2.12 bits per heavy atom. The lowest BCUT2D eigenvalue weighted by Crippen LogP contribution is -2.25. The first-order valence-electron chi connectivity index (χ1n) is 6.55. The van der Waals surface area contributed by atoms with Gasteiger partial charge >= 0.3 is 0 Å². The molecule has 1 atom stereocenters. The molecule has 0 saturated carbocycles. The second-order valence-corrected chi connectivity index (χ2v) is 5.29. The number of thiophene rings is 1. The fourth-order valence-corrected chi connectivity index (χ4v) is 2.73. The number of unbranched alkanes of at least 4 members (excludes halogenated alkanes) is 3. The van der Waals surface area contributed by atoms with Crippen LogP contribution in [-0.4, -0.2) is 13.1 Å². The zero-order valence-electron chi connectivity index (χ0n) is 10.7. The van der Waals surface area contributed by atoms with Crippen LogP contribution >= 0.6 is 11.3 Å². The molecule has 0 amide bonds. The van der Waals surface area contributed by atoms with E-state index < -0.39 is 0 Å². The summed E-state index contributed by atoms with van der Waals surface area (Å²) in [5, 5.41) is 7.88. The van der Waals surface area contributed by atoms with Gasteiger partial charge in [-0.2, -0.15) is 11.3 Å². The van der Waals surface area contributed by atoms with E-state index in [0.717, 1.165) is 0 Å². The summed E-state index contributed by atoms with van der Waals surface area (Å²) >= 11 is 1.80. The molecule has 1 heterocycles. The minimum atomic E-state index is 0.705. The molecule has 1 aromatic rings. The molecule has 0 bridgehead atoms. The molecule has 92 valence electrons. The molecule has 16 heavy (non-hydrogen) atoms. The molecule has 0 fully saturated rings. The molecule has 2 heteroatoms. The first-order chi connectivity index (χ1) is 7.86.